The molecule has 1 unspecified atom stereocenters. The van der Waals surface area contributed by atoms with E-state index in [4.69, 9.17) is 21.1 Å². The lowest BCUT2D eigenvalue weighted by atomic mass is 9.91. The van der Waals surface area contributed by atoms with E-state index in [-0.39, 0.29) is 11.5 Å². The van der Waals surface area contributed by atoms with Crippen LogP contribution in [0.1, 0.15) is 38.4 Å². The molecule has 1 aromatic rings. The van der Waals surface area contributed by atoms with Crippen LogP contribution in [0.25, 0.3) is 0 Å². The third-order valence-electron chi connectivity index (χ3n) is 2.96. The fourth-order valence-electron chi connectivity index (χ4n) is 1.86. The van der Waals surface area contributed by atoms with Crippen LogP contribution < -0.4 is 4.74 Å². The number of halogens is 1. The van der Waals surface area contributed by atoms with Gasteiger partial charge in [-0.15, -0.1) is 11.6 Å². The Labute approximate surface area is 113 Å². The number of hydrogen-bond donors (Lipinski definition) is 0. The van der Waals surface area contributed by atoms with E-state index in [0.29, 0.717) is 18.4 Å². The van der Waals surface area contributed by atoms with Crippen molar-refractivity contribution < 1.29 is 9.47 Å². The minimum atomic E-state index is -0.00758. The van der Waals surface area contributed by atoms with E-state index in [0.717, 1.165) is 24.3 Å². The zero-order chi connectivity index (χ0) is 13.2. The Morgan fingerprint density at radius 2 is 2.22 bits per heavy atom. The van der Waals surface area contributed by atoms with Crippen LogP contribution in [0.3, 0.4) is 0 Å². The number of ether oxygens (including phenoxy) is 2. The summed E-state index contributed by atoms with van der Waals surface area (Å²) >= 11 is 5.93. The molecule has 0 aromatic carbocycles. The van der Waals surface area contributed by atoms with Gasteiger partial charge in [0, 0.05) is 23.8 Å². The van der Waals surface area contributed by atoms with Gasteiger partial charge >= 0.3 is 0 Å². The molecule has 3 nitrogen and oxygen atoms in total. The van der Waals surface area contributed by atoms with Crippen LogP contribution >= 0.6 is 11.6 Å². The van der Waals surface area contributed by atoms with E-state index in [2.05, 4.69) is 25.8 Å². The molecule has 1 fully saturated rings. The molecule has 0 bridgehead atoms. The van der Waals surface area contributed by atoms with E-state index in [1.165, 1.54) is 0 Å². The van der Waals surface area contributed by atoms with E-state index in [1.807, 2.05) is 12.1 Å². The second-order valence-corrected chi connectivity index (χ2v) is 5.95. The minimum absolute atomic E-state index is 0.00758. The van der Waals surface area contributed by atoms with Gasteiger partial charge in [0.05, 0.1) is 18.9 Å². The third-order valence-corrected chi connectivity index (χ3v) is 3.27. The summed E-state index contributed by atoms with van der Waals surface area (Å²) in [5, 5.41) is 0. The third kappa shape index (κ3) is 3.36. The van der Waals surface area contributed by atoms with Gasteiger partial charge in [-0.1, -0.05) is 20.8 Å². The van der Waals surface area contributed by atoms with Crippen LogP contribution in [0, 0.1) is 0 Å². The van der Waals surface area contributed by atoms with Gasteiger partial charge in [0.25, 0.3) is 0 Å². The fourth-order valence-corrected chi connectivity index (χ4v) is 2.01. The molecular weight excluding hydrogens is 250 g/mol. The largest absolute Gasteiger partial charge is 0.472 e. The van der Waals surface area contributed by atoms with Gasteiger partial charge in [-0.2, -0.15) is 0 Å². The zero-order valence-corrected chi connectivity index (χ0v) is 12.0. The van der Waals surface area contributed by atoms with Crippen LogP contribution in [-0.4, -0.2) is 24.3 Å². The Hall–Kier alpha value is -0.800. The minimum Gasteiger partial charge on any atom is -0.472 e. The van der Waals surface area contributed by atoms with Crippen molar-refractivity contribution in [1.82, 2.24) is 4.98 Å². The van der Waals surface area contributed by atoms with Crippen molar-refractivity contribution in [2.24, 2.45) is 0 Å². The number of pyridine rings is 1. The van der Waals surface area contributed by atoms with Gasteiger partial charge in [0.1, 0.15) is 6.10 Å². The summed E-state index contributed by atoms with van der Waals surface area (Å²) in [7, 11) is 0. The molecule has 100 valence electrons. The summed E-state index contributed by atoms with van der Waals surface area (Å²) in [5.41, 5.74) is 2.05. The lowest BCUT2D eigenvalue weighted by Crippen LogP contribution is -2.19. The van der Waals surface area contributed by atoms with Crippen LogP contribution in [0.5, 0.6) is 5.88 Å². The van der Waals surface area contributed by atoms with Crippen LogP contribution in [0.2, 0.25) is 0 Å². The average Bonchev–Trinajstić information content (AvgIpc) is 2.80. The highest BCUT2D eigenvalue weighted by molar-refractivity contribution is 6.17. The topological polar surface area (TPSA) is 31.4 Å². The maximum absolute atomic E-state index is 5.93. The normalized spacial score (nSPS) is 20.1. The molecular formula is C14H20ClNO2. The number of rotatable bonds is 3. The number of aromatic nitrogens is 1. The first kappa shape index (κ1) is 13.6. The first-order valence-electron chi connectivity index (χ1n) is 6.31. The van der Waals surface area contributed by atoms with Crippen molar-refractivity contribution in [3.8, 4) is 5.88 Å². The first-order chi connectivity index (χ1) is 8.49. The Morgan fingerprint density at radius 1 is 1.44 bits per heavy atom. The summed E-state index contributed by atoms with van der Waals surface area (Å²) in [6.07, 6.45) is 1.05. The highest BCUT2D eigenvalue weighted by Crippen LogP contribution is 2.26. The van der Waals surface area contributed by atoms with E-state index >= 15 is 0 Å². The van der Waals surface area contributed by atoms with Crippen LogP contribution in [0.4, 0.5) is 0 Å². The molecule has 0 N–H and O–H groups in total. The monoisotopic (exact) mass is 269 g/mol. The molecule has 1 saturated heterocycles. The average molecular weight is 270 g/mol. The second-order valence-electron chi connectivity index (χ2n) is 5.69. The van der Waals surface area contributed by atoms with Crippen LogP contribution in [-0.2, 0) is 16.0 Å². The molecule has 1 aliphatic heterocycles. The fraction of sp³-hybridized carbons (Fsp3) is 0.643. The smallest absolute Gasteiger partial charge is 0.214 e. The molecule has 18 heavy (non-hydrogen) atoms. The van der Waals surface area contributed by atoms with Crippen molar-refractivity contribution in [2.45, 2.75) is 44.6 Å². The quantitative estimate of drug-likeness (QED) is 0.789. The van der Waals surface area contributed by atoms with E-state index in [9.17, 15) is 0 Å². The van der Waals surface area contributed by atoms with Crippen molar-refractivity contribution in [1.29, 1.82) is 0 Å². The Bertz CT molecular complexity index is 409. The predicted octanol–water partition coefficient (Wildman–Crippen LogP) is 3.29. The van der Waals surface area contributed by atoms with Crippen molar-refractivity contribution in [3.05, 3.63) is 23.4 Å². The summed E-state index contributed by atoms with van der Waals surface area (Å²) in [6.45, 7) is 7.82. The maximum atomic E-state index is 5.93. The summed E-state index contributed by atoms with van der Waals surface area (Å²) in [4.78, 5) is 4.58. The molecule has 0 spiro atoms. The van der Waals surface area contributed by atoms with E-state index in [1.54, 1.807) is 0 Å². The van der Waals surface area contributed by atoms with Crippen molar-refractivity contribution in [3.63, 3.8) is 0 Å². The van der Waals surface area contributed by atoms with Gasteiger partial charge in [-0.3, -0.25) is 0 Å². The maximum Gasteiger partial charge on any atom is 0.214 e. The molecule has 0 aliphatic carbocycles. The molecule has 4 heteroatoms. The Morgan fingerprint density at radius 3 is 2.78 bits per heavy atom. The molecule has 2 heterocycles. The van der Waals surface area contributed by atoms with Gasteiger partial charge in [-0.05, 0) is 11.6 Å². The second kappa shape index (κ2) is 5.45. The Balaban J connectivity index is 2.23. The molecule has 0 amide bonds. The molecule has 0 radical (unpaired) electrons. The van der Waals surface area contributed by atoms with Gasteiger partial charge in [-0.25, -0.2) is 4.98 Å². The Kier molecular flexibility index (Phi) is 4.13. The van der Waals surface area contributed by atoms with Crippen LogP contribution in [0.15, 0.2) is 12.1 Å². The number of nitrogens with zero attached hydrogens (tertiary/aromatic N) is 1. The standard InChI is InChI=1S/C14H20ClNO2/c1-14(2,3)12-6-10(8-15)7-13(16-12)18-11-4-5-17-9-11/h6-7,11H,4-5,8-9H2,1-3H3. The number of alkyl halides is 1. The summed E-state index contributed by atoms with van der Waals surface area (Å²) in [6, 6.07) is 3.96. The lowest BCUT2D eigenvalue weighted by Gasteiger charge is -2.20. The first-order valence-corrected chi connectivity index (χ1v) is 6.84. The predicted molar refractivity (Wildman–Crippen MR) is 72.3 cm³/mol. The molecule has 1 aromatic heterocycles. The van der Waals surface area contributed by atoms with E-state index < -0.39 is 0 Å². The molecule has 0 saturated carbocycles. The van der Waals surface area contributed by atoms with Crippen molar-refractivity contribution >= 4 is 11.6 Å². The summed E-state index contributed by atoms with van der Waals surface area (Å²) < 4.78 is 11.2. The van der Waals surface area contributed by atoms with Crippen molar-refractivity contribution in [2.75, 3.05) is 13.2 Å². The molecule has 2 rings (SSSR count). The summed E-state index contributed by atoms with van der Waals surface area (Å²) in [5.74, 6) is 1.14. The highest BCUT2D eigenvalue weighted by Gasteiger charge is 2.21. The zero-order valence-electron chi connectivity index (χ0n) is 11.2. The lowest BCUT2D eigenvalue weighted by molar-refractivity contribution is 0.137. The molecule has 1 atom stereocenters. The highest BCUT2D eigenvalue weighted by atomic mass is 35.5. The van der Waals surface area contributed by atoms with Gasteiger partial charge in [0.2, 0.25) is 5.88 Å². The van der Waals surface area contributed by atoms with Gasteiger partial charge < -0.3 is 9.47 Å². The van der Waals surface area contributed by atoms with Gasteiger partial charge in [0.15, 0.2) is 0 Å². The molecule has 1 aliphatic rings. The number of hydrogen-bond acceptors (Lipinski definition) is 3. The SMILES string of the molecule is CC(C)(C)c1cc(CCl)cc(OC2CCOC2)n1.